The van der Waals surface area contributed by atoms with Crippen LogP contribution in [0.25, 0.3) is 0 Å². The van der Waals surface area contributed by atoms with Gasteiger partial charge in [-0.3, -0.25) is 4.78 Å². The molecule has 0 aliphatic heterocycles. The molecule has 4 N–H and O–H groups in total. The Labute approximate surface area is 124 Å². The van der Waals surface area contributed by atoms with Crippen molar-refractivity contribution in [2.45, 2.75) is 64.1 Å². The molecule has 0 heterocycles. The summed E-state index contributed by atoms with van der Waals surface area (Å²) in [5, 5.41) is 9.65. The Bertz CT molecular complexity index is 388. The lowest BCUT2D eigenvalue weighted by Crippen LogP contribution is -2.39. The first kappa shape index (κ1) is 20.6. The molecule has 5 nitrogen and oxygen atoms in total. The van der Waals surface area contributed by atoms with E-state index in [0.29, 0.717) is 6.42 Å². The summed E-state index contributed by atoms with van der Waals surface area (Å²) in [7, 11) is -3.11. The molecule has 0 aliphatic rings. The van der Waals surface area contributed by atoms with Crippen molar-refractivity contribution in [1.29, 1.82) is 4.78 Å². The van der Waals surface area contributed by atoms with E-state index in [1.165, 1.54) is 0 Å². The van der Waals surface area contributed by atoms with E-state index in [0.717, 1.165) is 0 Å². The summed E-state index contributed by atoms with van der Waals surface area (Å²) < 4.78 is 60.5. The molecule has 0 saturated heterocycles. The fourth-order valence-corrected chi connectivity index (χ4v) is 2.98. The van der Waals surface area contributed by atoms with Crippen molar-refractivity contribution < 1.29 is 27.2 Å². The summed E-state index contributed by atoms with van der Waals surface area (Å²) >= 11 is 0. The average Bonchev–Trinajstić information content (AvgIpc) is 2.33. The lowest BCUT2D eigenvalue weighted by atomic mass is 10.2. The third-order valence-corrected chi connectivity index (χ3v) is 4.87. The van der Waals surface area contributed by atoms with Gasteiger partial charge in [0, 0.05) is 27.7 Å². The molecule has 4 atom stereocenters. The molecule has 0 aliphatic carbocycles. The molecule has 0 aromatic heterocycles. The number of aliphatic hydroxyl groups excluding tert-OH is 1. The van der Waals surface area contributed by atoms with E-state index in [-0.39, 0.29) is 30.5 Å². The van der Waals surface area contributed by atoms with E-state index in [1.807, 2.05) is 6.92 Å². The molecule has 0 fully saturated rings. The van der Waals surface area contributed by atoms with Crippen LogP contribution in [0.15, 0.2) is 0 Å². The van der Waals surface area contributed by atoms with Crippen LogP contribution >= 0.6 is 0 Å². The number of aliphatic hydroxyl groups is 1. The Morgan fingerprint density at radius 2 is 1.95 bits per heavy atom. The topological polar surface area (TPSA) is 96.4 Å². The van der Waals surface area contributed by atoms with E-state index in [9.17, 15) is 22.5 Å². The summed E-state index contributed by atoms with van der Waals surface area (Å²) in [6, 6.07) is -0.812. The first-order valence-electron chi connectivity index (χ1n) is 6.87. The van der Waals surface area contributed by atoms with E-state index in [1.54, 1.807) is 6.92 Å². The first-order chi connectivity index (χ1) is 9.47. The van der Waals surface area contributed by atoms with Gasteiger partial charge in [-0.1, -0.05) is 6.92 Å². The number of hydrogen-bond acceptors (Lipinski definition) is 5. The van der Waals surface area contributed by atoms with Gasteiger partial charge in [0.1, 0.15) is 0 Å². The zero-order valence-corrected chi connectivity index (χ0v) is 13.2. The third-order valence-electron chi connectivity index (χ3n) is 3.03. The molecular formula is C12H25F3N2O3S. The second kappa shape index (κ2) is 8.92. The Kier molecular flexibility index (Phi) is 8.76. The maximum atomic E-state index is 12.0. The Morgan fingerprint density at radius 3 is 2.43 bits per heavy atom. The first-order valence-corrected chi connectivity index (χ1v) is 8.76. The molecule has 0 radical (unpaired) electrons. The molecule has 0 amide bonds. The van der Waals surface area contributed by atoms with Crippen LogP contribution in [0.2, 0.25) is 0 Å². The predicted molar refractivity (Wildman–Crippen MR) is 75.3 cm³/mol. The highest BCUT2D eigenvalue weighted by Gasteiger charge is 2.27. The van der Waals surface area contributed by atoms with Crippen molar-refractivity contribution in [1.82, 2.24) is 0 Å². The minimum atomic E-state index is -4.30. The Balaban J connectivity index is 4.12. The number of ether oxygens (including phenoxy) is 1. The average molecular weight is 334 g/mol. The molecule has 21 heavy (non-hydrogen) atoms. The smallest absolute Gasteiger partial charge is 0.367 e. The number of nitrogens with one attached hydrogen (secondary N) is 1. The SMILES string of the molecule is CCC(C)OC(O)C(N)CCS(=N)(=O)CCCC(F)(F)F. The summed E-state index contributed by atoms with van der Waals surface area (Å²) in [4.78, 5) is 0. The van der Waals surface area contributed by atoms with E-state index in [2.05, 4.69) is 0 Å². The van der Waals surface area contributed by atoms with Crippen LogP contribution in [0.5, 0.6) is 0 Å². The fraction of sp³-hybridized carbons (Fsp3) is 1.00. The van der Waals surface area contributed by atoms with Gasteiger partial charge in [-0.05, 0) is 26.2 Å². The monoisotopic (exact) mass is 334 g/mol. The molecule has 0 saturated carbocycles. The number of nitrogens with two attached hydrogens (primary N) is 1. The number of halogens is 3. The maximum Gasteiger partial charge on any atom is 0.389 e. The molecule has 0 rings (SSSR count). The maximum absolute atomic E-state index is 12.0. The van der Waals surface area contributed by atoms with Crippen molar-refractivity contribution in [3.05, 3.63) is 0 Å². The largest absolute Gasteiger partial charge is 0.389 e. The van der Waals surface area contributed by atoms with Gasteiger partial charge in [0.25, 0.3) is 0 Å². The second-order valence-corrected chi connectivity index (χ2v) is 7.58. The van der Waals surface area contributed by atoms with Gasteiger partial charge in [-0.2, -0.15) is 13.2 Å². The van der Waals surface area contributed by atoms with Crippen LogP contribution in [0, 0.1) is 4.78 Å². The fourth-order valence-electron chi connectivity index (χ4n) is 1.51. The highest BCUT2D eigenvalue weighted by Crippen LogP contribution is 2.21. The number of hydrogen-bond donors (Lipinski definition) is 3. The van der Waals surface area contributed by atoms with Gasteiger partial charge in [0.2, 0.25) is 0 Å². The van der Waals surface area contributed by atoms with Crippen LogP contribution in [0.4, 0.5) is 13.2 Å². The zero-order valence-electron chi connectivity index (χ0n) is 12.4. The molecule has 0 aromatic carbocycles. The normalized spacial score (nSPS) is 19.8. The van der Waals surface area contributed by atoms with Crippen molar-refractivity contribution >= 4 is 9.73 Å². The summed E-state index contributed by atoms with van der Waals surface area (Å²) in [6.45, 7) is 3.64. The van der Waals surface area contributed by atoms with Crippen LogP contribution in [-0.2, 0) is 14.5 Å². The van der Waals surface area contributed by atoms with Gasteiger partial charge in [0.05, 0.1) is 12.1 Å². The number of alkyl halides is 3. The zero-order chi connectivity index (χ0) is 16.7. The van der Waals surface area contributed by atoms with E-state index < -0.39 is 34.7 Å². The van der Waals surface area contributed by atoms with Crippen molar-refractivity contribution in [2.24, 2.45) is 5.73 Å². The molecule has 128 valence electrons. The highest BCUT2D eigenvalue weighted by atomic mass is 32.2. The Morgan fingerprint density at radius 1 is 1.38 bits per heavy atom. The lowest BCUT2D eigenvalue weighted by Gasteiger charge is -2.22. The third kappa shape index (κ3) is 10.9. The van der Waals surface area contributed by atoms with E-state index in [4.69, 9.17) is 15.3 Å². The van der Waals surface area contributed by atoms with Gasteiger partial charge < -0.3 is 15.6 Å². The van der Waals surface area contributed by atoms with Crippen molar-refractivity contribution in [3.63, 3.8) is 0 Å². The Hall–Kier alpha value is -0.380. The minimum absolute atomic E-state index is 0.0615. The molecule has 4 unspecified atom stereocenters. The van der Waals surface area contributed by atoms with Crippen LogP contribution < -0.4 is 5.73 Å². The van der Waals surface area contributed by atoms with E-state index >= 15 is 0 Å². The summed E-state index contributed by atoms with van der Waals surface area (Å²) in [6.07, 6.45) is -6.35. The van der Waals surface area contributed by atoms with Crippen molar-refractivity contribution in [3.8, 4) is 0 Å². The summed E-state index contributed by atoms with van der Waals surface area (Å²) in [5.41, 5.74) is 5.66. The molecule has 9 heteroatoms. The van der Waals surface area contributed by atoms with Gasteiger partial charge in [-0.15, -0.1) is 0 Å². The van der Waals surface area contributed by atoms with Crippen LogP contribution in [-0.4, -0.2) is 45.4 Å². The standard InChI is InChI=1S/C12H25F3N2O3S/c1-3-9(2)20-11(18)10(16)5-8-21(17,19)7-4-6-12(13,14)15/h9-11,17-18H,3-8,16H2,1-2H3. The van der Waals surface area contributed by atoms with Gasteiger partial charge in [-0.25, -0.2) is 4.21 Å². The molecular weight excluding hydrogens is 309 g/mol. The van der Waals surface area contributed by atoms with Crippen LogP contribution in [0.3, 0.4) is 0 Å². The molecule has 0 bridgehead atoms. The predicted octanol–water partition coefficient (Wildman–Crippen LogP) is 2.23. The molecule has 0 spiro atoms. The molecule has 0 aromatic rings. The van der Waals surface area contributed by atoms with Gasteiger partial charge >= 0.3 is 6.18 Å². The number of rotatable bonds is 10. The van der Waals surface area contributed by atoms with Gasteiger partial charge in [0.15, 0.2) is 6.29 Å². The lowest BCUT2D eigenvalue weighted by molar-refractivity contribution is -0.143. The quantitative estimate of drug-likeness (QED) is 0.534. The minimum Gasteiger partial charge on any atom is -0.367 e. The summed E-state index contributed by atoms with van der Waals surface area (Å²) in [5.74, 6) is -0.464. The highest BCUT2D eigenvalue weighted by molar-refractivity contribution is 7.92. The van der Waals surface area contributed by atoms with Crippen molar-refractivity contribution in [2.75, 3.05) is 11.5 Å². The van der Waals surface area contributed by atoms with Crippen LogP contribution in [0.1, 0.15) is 39.5 Å². The second-order valence-electron chi connectivity index (χ2n) is 5.14.